The zero-order valence-electron chi connectivity index (χ0n) is 11.2. The van der Waals surface area contributed by atoms with Crippen molar-refractivity contribution in [2.24, 2.45) is 0 Å². The fraction of sp³-hybridized carbons (Fsp3) is 0.133. The Morgan fingerprint density at radius 2 is 2.00 bits per heavy atom. The van der Waals surface area contributed by atoms with E-state index in [4.69, 9.17) is 20.7 Å². The summed E-state index contributed by atoms with van der Waals surface area (Å²) >= 11 is 0. The number of halogens is 1. The normalized spacial score (nSPS) is 10.9. The van der Waals surface area contributed by atoms with Gasteiger partial charge >= 0.3 is 0 Å². The van der Waals surface area contributed by atoms with Crippen LogP contribution in [0.5, 0.6) is 5.75 Å². The lowest BCUT2D eigenvalue weighted by atomic mass is 10.1. The van der Waals surface area contributed by atoms with E-state index < -0.39 is 9.05 Å². The molecule has 2 aromatic carbocycles. The molecule has 6 heteroatoms. The van der Waals surface area contributed by atoms with Crippen LogP contribution in [-0.4, -0.2) is 8.42 Å². The van der Waals surface area contributed by atoms with Gasteiger partial charge in [0.2, 0.25) is 0 Å². The molecule has 0 fully saturated rings. The van der Waals surface area contributed by atoms with Gasteiger partial charge in [-0.3, -0.25) is 0 Å². The number of hydrogen-bond acceptors (Lipinski definition) is 4. The Balaban J connectivity index is 2.14. The zero-order chi connectivity index (χ0) is 15.5. The summed E-state index contributed by atoms with van der Waals surface area (Å²) in [7, 11) is 1.58. The summed E-state index contributed by atoms with van der Waals surface area (Å²) in [5, 5.41) is 8.83. The maximum Gasteiger partial charge on any atom is 0.261 e. The first kappa shape index (κ1) is 15.4. The molecule has 0 aliphatic carbocycles. The Morgan fingerprint density at radius 3 is 2.62 bits per heavy atom. The highest BCUT2D eigenvalue weighted by Gasteiger charge is 2.13. The molecule has 0 saturated heterocycles. The molecule has 0 aromatic heterocycles. The predicted molar refractivity (Wildman–Crippen MR) is 79.7 cm³/mol. The van der Waals surface area contributed by atoms with Crippen molar-refractivity contribution in [1.29, 1.82) is 5.26 Å². The first-order valence-electron chi connectivity index (χ1n) is 6.07. The SMILES string of the molecule is Cc1cc(OCc2cccc(C#N)c2)ccc1S(=O)(=O)Cl. The molecular formula is C15H12ClNO3S. The van der Waals surface area contributed by atoms with Crippen LogP contribution in [-0.2, 0) is 15.7 Å². The molecule has 0 radical (unpaired) electrons. The molecular weight excluding hydrogens is 310 g/mol. The van der Waals surface area contributed by atoms with Gasteiger partial charge in [0.15, 0.2) is 0 Å². The third-order valence-corrected chi connectivity index (χ3v) is 4.35. The molecule has 0 unspecified atom stereocenters. The van der Waals surface area contributed by atoms with Gasteiger partial charge in [-0.25, -0.2) is 8.42 Å². The quantitative estimate of drug-likeness (QED) is 0.810. The highest BCUT2D eigenvalue weighted by atomic mass is 35.7. The van der Waals surface area contributed by atoms with Crippen LogP contribution in [0.1, 0.15) is 16.7 Å². The van der Waals surface area contributed by atoms with Crippen LogP contribution in [0.15, 0.2) is 47.4 Å². The van der Waals surface area contributed by atoms with E-state index in [2.05, 4.69) is 6.07 Å². The minimum absolute atomic E-state index is 0.0722. The number of rotatable bonds is 4. The smallest absolute Gasteiger partial charge is 0.261 e. The predicted octanol–water partition coefficient (Wildman–Crippen LogP) is 3.37. The van der Waals surface area contributed by atoms with Crippen molar-refractivity contribution in [2.45, 2.75) is 18.4 Å². The van der Waals surface area contributed by atoms with Gasteiger partial charge < -0.3 is 4.74 Å². The molecule has 2 rings (SSSR count). The molecule has 0 atom stereocenters. The second-order valence-electron chi connectivity index (χ2n) is 4.47. The van der Waals surface area contributed by atoms with Crippen LogP contribution in [0.2, 0.25) is 0 Å². The number of nitriles is 1. The molecule has 0 aliphatic heterocycles. The van der Waals surface area contributed by atoms with E-state index in [1.54, 1.807) is 37.3 Å². The van der Waals surface area contributed by atoms with E-state index in [0.717, 1.165) is 5.56 Å². The average molecular weight is 322 g/mol. The van der Waals surface area contributed by atoms with Gasteiger partial charge in [0.05, 0.1) is 16.5 Å². The number of ether oxygens (including phenoxy) is 1. The average Bonchev–Trinajstić information content (AvgIpc) is 2.44. The van der Waals surface area contributed by atoms with Crippen LogP contribution in [0.25, 0.3) is 0 Å². The topological polar surface area (TPSA) is 67.2 Å². The van der Waals surface area contributed by atoms with E-state index in [9.17, 15) is 8.42 Å². The fourth-order valence-electron chi connectivity index (χ4n) is 1.88. The summed E-state index contributed by atoms with van der Waals surface area (Å²) in [6.07, 6.45) is 0. The van der Waals surface area contributed by atoms with Crippen LogP contribution < -0.4 is 4.74 Å². The first-order valence-corrected chi connectivity index (χ1v) is 8.38. The lowest BCUT2D eigenvalue weighted by Crippen LogP contribution is -1.98. The van der Waals surface area contributed by atoms with E-state index >= 15 is 0 Å². The van der Waals surface area contributed by atoms with Crippen LogP contribution in [0.3, 0.4) is 0 Å². The lowest BCUT2D eigenvalue weighted by molar-refractivity contribution is 0.306. The molecule has 0 bridgehead atoms. The molecule has 2 aromatic rings. The van der Waals surface area contributed by atoms with Crippen molar-refractivity contribution in [3.63, 3.8) is 0 Å². The van der Waals surface area contributed by atoms with Gasteiger partial charge in [-0.1, -0.05) is 12.1 Å². The Kier molecular flexibility index (Phi) is 4.51. The summed E-state index contributed by atoms with van der Waals surface area (Å²) in [5.41, 5.74) is 1.95. The molecule has 0 saturated carbocycles. The van der Waals surface area contributed by atoms with Crippen LogP contribution in [0.4, 0.5) is 0 Å². The van der Waals surface area contributed by atoms with Crippen molar-refractivity contribution in [1.82, 2.24) is 0 Å². The summed E-state index contributed by atoms with van der Waals surface area (Å²) in [6.45, 7) is 1.94. The van der Waals surface area contributed by atoms with E-state index in [1.165, 1.54) is 6.07 Å². The summed E-state index contributed by atoms with van der Waals surface area (Å²) < 4.78 is 28.2. The van der Waals surface area contributed by atoms with Gasteiger partial charge in [-0.2, -0.15) is 5.26 Å². The maximum absolute atomic E-state index is 11.3. The Bertz CT molecular complexity index is 810. The molecule has 21 heavy (non-hydrogen) atoms. The number of hydrogen-bond donors (Lipinski definition) is 0. The van der Waals surface area contributed by atoms with Crippen LogP contribution >= 0.6 is 10.7 Å². The molecule has 0 aliphatic rings. The Morgan fingerprint density at radius 1 is 1.24 bits per heavy atom. The lowest BCUT2D eigenvalue weighted by Gasteiger charge is -2.09. The van der Waals surface area contributed by atoms with Crippen molar-refractivity contribution in [2.75, 3.05) is 0 Å². The van der Waals surface area contributed by atoms with Gasteiger partial charge in [0.25, 0.3) is 9.05 Å². The monoisotopic (exact) mass is 321 g/mol. The van der Waals surface area contributed by atoms with Crippen molar-refractivity contribution in [3.8, 4) is 11.8 Å². The molecule has 0 heterocycles. The minimum Gasteiger partial charge on any atom is -0.489 e. The number of aryl methyl sites for hydroxylation is 1. The molecule has 4 nitrogen and oxygen atoms in total. The zero-order valence-corrected chi connectivity index (χ0v) is 12.8. The maximum atomic E-state index is 11.3. The third kappa shape index (κ3) is 3.97. The van der Waals surface area contributed by atoms with E-state index in [0.29, 0.717) is 23.5 Å². The number of benzene rings is 2. The standard InChI is InChI=1S/C15H12ClNO3S/c1-11-7-14(5-6-15(11)21(16,18)19)20-10-13-4-2-3-12(8-13)9-17/h2-8H,10H2,1H3. The summed E-state index contributed by atoms with van der Waals surface area (Å²) in [4.78, 5) is 0.0722. The molecule has 0 spiro atoms. The largest absolute Gasteiger partial charge is 0.489 e. The second-order valence-corrected chi connectivity index (χ2v) is 7.00. The summed E-state index contributed by atoms with van der Waals surface area (Å²) in [6, 6.07) is 13.7. The highest BCUT2D eigenvalue weighted by Crippen LogP contribution is 2.24. The van der Waals surface area contributed by atoms with Crippen molar-refractivity contribution >= 4 is 19.7 Å². The van der Waals surface area contributed by atoms with Gasteiger partial charge in [0.1, 0.15) is 12.4 Å². The van der Waals surface area contributed by atoms with Gasteiger partial charge in [-0.15, -0.1) is 0 Å². The Labute approximate surface area is 128 Å². The fourth-order valence-corrected chi connectivity index (χ4v) is 3.08. The van der Waals surface area contributed by atoms with E-state index in [1.807, 2.05) is 6.07 Å². The van der Waals surface area contributed by atoms with Crippen LogP contribution in [0, 0.1) is 18.3 Å². The van der Waals surface area contributed by atoms with Crippen molar-refractivity contribution < 1.29 is 13.2 Å². The summed E-state index contributed by atoms with van der Waals surface area (Å²) in [5.74, 6) is 0.541. The van der Waals surface area contributed by atoms with Gasteiger partial charge in [0, 0.05) is 10.7 Å². The molecule has 108 valence electrons. The highest BCUT2D eigenvalue weighted by molar-refractivity contribution is 8.13. The van der Waals surface area contributed by atoms with E-state index in [-0.39, 0.29) is 4.90 Å². The van der Waals surface area contributed by atoms with Crippen molar-refractivity contribution in [3.05, 3.63) is 59.2 Å². The minimum atomic E-state index is -3.75. The Hall–Kier alpha value is -2.03. The third-order valence-electron chi connectivity index (χ3n) is 2.87. The second kappa shape index (κ2) is 6.17. The number of nitrogens with zero attached hydrogens (tertiary/aromatic N) is 1. The molecule has 0 amide bonds. The van der Waals surface area contributed by atoms with Gasteiger partial charge in [-0.05, 0) is 48.4 Å². The first-order chi connectivity index (χ1) is 9.90. The molecule has 0 N–H and O–H groups in total.